The molecule has 0 saturated carbocycles. The molecule has 0 aromatic carbocycles. The van der Waals surface area contributed by atoms with Gasteiger partial charge in [0.25, 0.3) is 5.91 Å². The number of hydrogen-bond donors (Lipinski definition) is 2. The van der Waals surface area contributed by atoms with Crippen molar-refractivity contribution >= 4 is 5.91 Å². The van der Waals surface area contributed by atoms with Gasteiger partial charge in [-0.05, 0) is 37.1 Å². The van der Waals surface area contributed by atoms with Crippen LogP contribution in [0.4, 0.5) is 0 Å². The molecule has 0 spiro atoms. The van der Waals surface area contributed by atoms with Gasteiger partial charge in [0, 0.05) is 38.7 Å². The highest BCUT2D eigenvalue weighted by Crippen LogP contribution is 2.31. The number of methoxy groups -OCH3 is 1. The maximum atomic E-state index is 12.1. The molecule has 0 unspecified atom stereocenters. The quantitative estimate of drug-likeness (QED) is 0.532. The first-order valence-corrected chi connectivity index (χ1v) is 9.23. The SMILES string of the molecule is CCOc1cc(-c2cnn(-c3ccc(C(=O)NCCCOC)cn3)c2O)ccn1. The van der Waals surface area contributed by atoms with E-state index < -0.39 is 0 Å². The average Bonchev–Trinajstić information content (AvgIpc) is 3.13. The molecular formula is C20H23N5O4. The number of nitrogens with one attached hydrogen (secondary N) is 1. The highest BCUT2D eigenvalue weighted by Gasteiger charge is 2.15. The molecule has 3 rings (SSSR count). The van der Waals surface area contributed by atoms with E-state index in [2.05, 4.69) is 20.4 Å². The molecule has 3 aromatic heterocycles. The lowest BCUT2D eigenvalue weighted by atomic mass is 10.1. The maximum Gasteiger partial charge on any atom is 0.252 e. The standard InChI is InChI=1S/C20H23N5O4/c1-3-29-18-11-14(7-9-21-18)16-13-24-25(20(16)27)17-6-5-15(12-23-17)19(26)22-8-4-10-28-2/h5-7,9,11-13,27H,3-4,8,10H2,1-2H3,(H,22,26). The van der Waals surface area contributed by atoms with Crippen LogP contribution in [-0.2, 0) is 4.74 Å². The molecule has 0 aliphatic carbocycles. The highest BCUT2D eigenvalue weighted by atomic mass is 16.5. The van der Waals surface area contributed by atoms with Gasteiger partial charge in [-0.3, -0.25) is 4.79 Å². The number of carbonyl (C=O) groups excluding carboxylic acids is 1. The van der Waals surface area contributed by atoms with Crippen molar-refractivity contribution in [3.05, 3.63) is 48.4 Å². The van der Waals surface area contributed by atoms with E-state index in [9.17, 15) is 9.90 Å². The molecule has 0 atom stereocenters. The monoisotopic (exact) mass is 397 g/mol. The number of aromatic nitrogens is 4. The zero-order valence-electron chi connectivity index (χ0n) is 16.3. The van der Waals surface area contributed by atoms with Crippen LogP contribution in [0.1, 0.15) is 23.7 Å². The van der Waals surface area contributed by atoms with Gasteiger partial charge in [0.05, 0.1) is 23.9 Å². The van der Waals surface area contributed by atoms with Gasteiger partial charge >= 0.3 is 0 Å². The summed E-state index contributed by atoms with van der Waals surface area (Å²) in [5.41, 5.74) is 1.67. The minimum absolute atomic E-state index is 0.0667. The Morgan fingerprint density at radius 2 is 2.10 bits per heavy atom. The summed E-state index contributed by atoms with van der Waals surface area (Å²) in [7, 11) is 1.62. The summed E-state index contributed by atoms with van der Waals surface area (Å²) in [4.78, 5) is 20.5. The minimum Gasteiger partial charge on any atom is -0.493 e. The molecule has 152 valence electrons. The number of ether oxygens (including phenoxy) is 2. The summed E-state index contributed by atoms with van der Waals surface area (Å²) in [5, 5.41) is 17.6. The molecule has 0 aliphatic heterocycles. The van der Waals surface area contributed by atoms with Crippen LogP contribution in [0.3, 0.4) is 0 Å². The molecule has 0 aliphatic rings. The normalized spacial score (nSPS) is 10.7. The van der Waals surface area contributed by atoms with Gasteiger partial charge in [-0.2, -0.15) is 9.78 Å². The van der Waals surface area contributed by atoms with Crippen LogP contribution in [0.25, 0.3) is 16.9 Å². The third-order valence-electron chi connectivity index (χ3n) is 4.12. The Bertz CT molecular complexity index is 956. The lowest BCUT2D eigenvalue weighted by molar-refractivity contribution is 0.0948. The van der Waals surface area contributed by atoms with E-state index in [4.69, 9.17) is 9.47 Å². The second-order valence-electron chi connectivity index (χ2n) is 6.12. The van der Waals surface area contributed by atoms with Gasteiger partial charge in [0.15, 0.2) is 5.82 Å². The third kappa shape index (κ3) is 4.88. The lowest BCUT2D eigenvalue weighted by Crippen LogP contribution is -2.25. The Balaban J connectivity index is 1.75. The van der Waals surface area contributed by atoms with E-state index in [1.165, 1.54) is 10.9 Å². The predicted octanol–water partition coefficient (Wildman–Crippen LogP) is 2.20. The summed E-state index contributed by atoms with van der Waals surface area (Å²) in [5.74, 6) is 0.577. The first-order chi connectivity index (χ1) is 14.1. The zero-order valence-corrected chi connectivity index (χ0v) is 16.3. The first-order valence-electron chi connectivity index (χ1n) is 9.23. The number of rotatable bonds is 9. The van der Waals surface area contributed by atoms with Crippen molar-refractivity contribution in [3.8, 4) is 28.7 Å². The molecule has 0 fully saturated rings. The van der Waals surface area contributed by atoms with Gasteiger partial charge in [0.2, 0.25) is 11.8 Å². The van der Waals surface area contributed by atoms with Crippen molar-refractivity contribution in [2.24, 2.45) is 0 Å². The highest BCUT2D eigenvalue weighted by molar-refractivity contribution is 5.93. The smallest absolute Gasteiger partial charge is 0.252 e. The third-order valence-corrected chi connectivity index (χ3v) is 4.12. The fourth-order valence-electron chi connectivity index (χ4n) is 2.68. The van der Waals surface area contributed by atoms with E-state index in [0.29, 0.717) is 42.6 Å². The topological polar surface area (TPSA) is 111 Å². The molecule has 29 heavy (non-hydrogen) atoms. The Hall–Kier alpha value is -3.46. The average molecular weight is 397 g/mol. The second kappa shape index (κ2) is 9.65. The van der Waals surface area contributed by atoms with Gasteiger partial charge < -0.3 is 19.9 Å². The predicted molar refractivity (Wildman–Crippen MR) is 106 cm³/mol. The Kier molecular flexibility index (Phi) is 6.75. The fraction of sp³-hybridized carbons (Fsp3) is 0.300. The van der Waals surface area contributed by atoms with Crippen molar-refractivity contribution in [2.45, 2.75) is 13.3 Å². The van der Waals surface area contributed by atoms with Crippen molar-refractivity contribution in [3.63, 3.8) is 0 Å². The fourth-order valence-corrected chi connectivity index (χ4v) is 2.68. The summed E-state index contributed by atoms with van der Waals surface area (Å²) < 4.78 is 11.7. The van der Waals surface area contributed by atoms with Crippen LogP contribution in [0.5, 0.6) is 11.8 Å². The number of pyridine rings is 2. The number of hydrogen-bond acceptors (Lipinski definition) is 7. The summed E-state index contributed by atoms with van der Waals surface area (Å²) in [6.45, 7) is 3.48. The van der Waals surface area contributed by atoms with Crippen LogP contribution < -0.4 is 10.1 Å². The molecule has 0 saturated heterocycles. The van der Waals surface area contributed by atoms with Crippen LogP contribution in [0.2, 0.25) is 0 Å². The summed E-state index contributed by atoms with van der Waals surface area (Å²) in [6, 6.07) is 6.75. The molecule has 3 aromatic rings. The molecule has 9 nitrogen and oxygen atoms in total. The molecule has 2 N–H and O–H groups in total. The first kappa shape index (κ1) is 20.3. The largest absolute Gasteiger partial charge is 0.493 e. The zero-order chi connectivity index (χ0) is 20.6. The number of amides is 1. The number of carbonyl (C=O) groups is 1. The van der Waals surface area contributed by atoms with Crippen molar-refractivity contribution in [2.75, 3.05) is 26.9 Å². The van der Waals surface area contributed by atoms with Gasteiger partial charge in [-0.15, -0.1) is 0 Å². The summed E-state index contributed by atoms with van der Waals surface area (Å²) in [6.07, 6.45) is 5.33. The number of aromatic hydroxyl groups is 1. The van der Waals surface area contributed by atoms with Crippen LogP contribution in [-0.4, -0.2) is 57.6 Å². The molecule has 0 bridgehead atoms. The van der Waals surface area contributed by atoms with Crippen molar-refractivity contribution in [1.82, 2.24) is 25.1 Å². The number of nitrogens with zero attached hydrogens (tertiary/aromatic N) is 4. The van der Waals surface area contributed by atoms with E-state index in [1.807, 2.05) is 6.92 Å². The summed E-state index contributed by atoms with van der Waals surface area (Å²) >= 11 is 0. The van der Waals surface area contributed by atoms with Crippen LogP contribution in [0.15, 0.2) is 42.9 Å². The van der Waals surface area contributed by atoms with E-state index >= 15 is 0 Å². The molecule has 9 heteroatoms. The molecular weight excluding hydrogens is 374 g/mol. The van der Waals surface area contributed by atoms with E-state index in [1.54, 1.807) is 43.8 Å². The lowest BCUT2D eigenvalue weighted by Gasteiger charge is -2.07. The van der Waals surface area contributed by atoms with Gasteiger partial charge in [-0.1, -0.05) is 0 Å². The van der Waals surface area contributed by atoms with Gasteiger partial charge in [-0.25, -0.2) is 9.97 Å². The Labute approximate surface area is 168 Å². The molecule has 3 heterocycles. The Morgan fingerprint density at radius 3 is 2.83 bits per heavy atom. The van der Waals surface area contributed by atoms with E-state index in [-0.39, 0.29) is 11.8 Å². The molecule has 0 radical (unpaired) electrons. The van der Waals surface area contributed by atoms with E-state index in [0.717, 1.165) is 12.0 Å². The van der Waals surface area contributed by atoms with Gasteiger partial charge in [0.1, 0.15) is 0 Å². The maximum absolute atomic E-state index is 12.1. The second-order valence-corrected chi connectivity index (χ2v) is 6.12. The minimum atomic E-state index is -0.217. The van der Waals surface area contributed by atoms with Crippen molar-refractivity contribution < 1.29 is 19.4 Å². The Morgan fingerprint density at radius 1 is 1.24 bits per heavy atom. The molecule has 1 amide bonds. The van der Waals surface area contributed by atoms with Crippen molar-refractivity contribution in [1.29, 1.82) is 0 Å². The van der Waals surface area contributed by atoms with Crippen LogP contribution >= 0.6 is 0 Å². The van der Waals surface area contributed by atoms with Crippen LogP contribution in [0, 0.1) is 0 Å².